The summed E-state index contributed by atoms with van der Waals surface area (Å²) in [5, 5.41) is 0. The van der Waals surface area contributed by atoms with Gasteiger partial charge in [0.25, 0.3) is 0 Å². The Kier molecular flexibility index (Phi) is 2.56. The standard InChI is InChI=1S/C16H17N3/c1-10-4-5-19-14(9-10)18-15(16(19)17)13-7-11(2)6-12(3)8-13/h4-9H,17H2,1-3H3. The van der Waals surface area contributed by atoms with Gasteiger partial charge in [0.2, 0.25) is 0 Å². The molecule has 0 saturated heterocycles. The third kappa shape index (κ3) is 1.97. The normalized spacial score (nSPS) is 11.1. The first-order chi connectivity index (χ1) is 9.04. The molecule has 2 aromatic heterocycles. The fraction of sp³-hybridized carbons (Fsp3) is 0.188. The lowest BCUT2D eigenvalue weighted by Crippen LogP contribution is -1.94. The first kappa shape index (κ1) is 11.8. The van der Waals surface area contributed by atoms with Gasteiger partial charge in [0.1, 0.15) is 17.2 Å². The lowest BCUT2D eigenvalue weighted by molar-refractivity contribution is 1.18. The second-order valence-corrected chi connectivity index (χ2v) is 5.15. The first-order valence-corrected chi connectivity index (χ1v) is 6.37. The van der Waals surface area contributed by atoms with E-state index in [1.807, 2.05) is 22.7 Å². The van der Waals surface area contributed by atoms with Crippen molar-refractivity contribution in [1.82, 2.24) is 9.38 Å². The van der Waals surface area contributed by atoms with Crippen LogP contribution in [0.5, 0.6) is 0 Å². The lowest BCUT2D eigenvalue weighted by Gasteiger charge is -2.03. The van der Waals surface area contributed by atoms with Crippen molar-refractivity contribution in [3.05, 3.63) is 53.2 Å². The molecule has 96 valence electrons. The Morgan fingerprint density at radius 3 is 2.32 bits per heavy atom. The predicted octanol–water partition coefficient (Wildman–Crippen LogP) is 3.51. The lowest BCUT2D eigenvalue weighted by atomic mass is 10.1. The van der Waals surface area contributed by atoms with Crippen molar-refractivity contribution in [1.29, 1.82) is 0 Å². The molecule has 0 fully saturated rings. The summed E-state index contributed by atoms with van der Waals surface area (Å²) in [4.78, 5) is 4.66. The molecule has 3 aromatic rings. The predicted molar refractivity (Wildman–Crippen MR) is 79.3 cm³/mol. The van der Waals surface area contributed by atoms with Gasteiger partial charge in [-0.1, -0.05) is 17.2 Å². The number of imidazole rings is 1. The minimum atomic E-state index is 0.694. The Morgan fingerprint density at radius 1 is 0.947 bits per heavy atom. The molecule has 0 unspecified atom stereocenters. The number of fused-ring (bicyclic) bond motifs is 1. The number of nitrogen functional groups attached to an aromatic ring is 1. The van der Waals surface area contributed by atoms with E-state index < -0.39 is 0 Å². The van der Waals surface area contributed by atoms with E-state index in [1.165, 1.54) is 16.7 Å². The highest BCUT2D eigenvalue weighted by Gasteiger charge is 2.11. The Hall–Kier alpha value is -2.29. The Morgan fingerprint density at radius 2 is 1.63 bits per heavy atom. The summed E-state index contributed by atoms with van der Waals surface area (Å²) in [6, 6.07) is 10.5. The SMILES string of the molecule is Cc1cc(C)cc(-c2nc3cc(C)ccn3c2N)c1. The number of nitrogens with zero attached hydrogens (tertiary/aromatic N) is 2. The van der Waals surface area contributed by atoms with Crippen LogP contribution in [0.25, 0.3) is 16.9 Å². The van der Waals surface area contributed by atoms with Gasteiger partial charge in [-0.15, -0.1) is 0 Å². The van der Waals surface area contributed by atoms with Crippen molar-refractivity contribution < 1.29 is 0 Å². The smallest absolute Gasteiger partial charge is 0.139 e. The molecule has 2 N–H and O–H groups in total. The number of nitrogens with two attached hydrogens (primary N) is 1. The van der Waals surface area contributed by atoms with Crippen molar-refractivity contribution in [3.8, 4) is 11.3 Å². The topological polar surface area (TPSA) is 43.3 Å². The third-order valence-electron chi connectivity index (χ3n) is 3.31. The van der Waals surface area contributed by atoms with Gasteiger partial charge in [0.15, 0.2) is 0 Å². The second-order valence-electron chi connectivity index (χ2n) is 5.15. The molecule has 0 aliphatic carbocycles. The van der Waals surface area contributed by atoms with E-state index >= 15 is 0 Å². The molecule has 19 heavy (non-hydrogen) atoms. The molecule has 1 aromatic carbocycles. The van der Waals surface area contributed by atoms with E-state index in [-0.39, 0.29) is 0 Å². The number of hydrogen-bond donors (Lipinski definition) is 1. The van der Waals surface area contributed by atoms with Gasteiger partial charge in [-0.05, 0) is 50.6 Å². The van der Waals surface area contributed by atoms with Crippen LogP contribution in [-0.4, -0.2) is 9.38 Å². The maximum atomic E-state index is 6.22. The van der Waals surface area contributed by atoms with Crippen LogP contribution in [0.3, 0.4) is 0 Å². The summed E-state index contributed by atoms with van der Waals surface area (Å²) in [5.74, 6) is 0.694. The average molecular weight is 251 g/mol. The van der Waals surface area contributed by atoms with Crippen molar-refractivity contribution in [2.45, 2.75) is 20.8 Å². The van der Waals surface area contributed by atoms with E-state index in [9.17, 15) is 0 Å². The molecule has 3 rings (SSSR count). The van der Waals surface area contributed by atoms with Gasteiger partial charge in [-0.3, -0.25) is 4.40 Å². The quantitative estimate of drug-likeness (QED) is 0.719. The monoisotopic (exact) mass is 251 g/mol. The van der Waals surface area contributed by atoms with Crippen LogP contribution in [0.1, 0.15) is 16.7 Å². The van der Waals surface area contributed by atoms with Gasteiger partial charge in [0, 0.05) is 11.8 Å². The molecule has 0 saturated carbocycles. The molecule has 0 atom stereocenters. The van der Waals surface area contributed by atoms with Gasteiger partial charge in [0.05, 0.1) is 0 Å². The van der Waals surface area contributed by atoms with Crippen LogP contribution < -0.4 is 5.73 Å². The van der Waals surface area contributed by atoms with E-state index in [4.69, 9.17) is 5.73 Å². The molecule has 3 nitrogen and oxygen atoms in total. The largest absolute Gasteiger partial charge is 0.383 e. The van der Waals surface area contributed by atoms with Crippen LogP contribution in [0, 0.1) is 20.8 Å². The summed E-state index contributed by atoms with van der Waals surface area (Å²) >= 11 is 0. The number of benzene rings is 1. The van der Waals surface area contributed by atoms with E-state index in [1.54, 1.807) is 0 Å². The summed E-state index contributed by atoms with van der Waals surface area (Å²) in [6.07, 6.45) is 1.97. The number of hydrogen-bond acceptors (Lipinski definition) is 2. The van der Waals surface area contributed by atoms with Crippen molar-refractivity contribution in [3.63, 3.8) is 0 Å². The number of aromatic nitrogens is 2. The number of anilines is 1. The zero-order chi connectivity index (χ0) is 13.6. The highest BCUT2D eigenvalue weighted by molar-refractivity contribution is 5.75. The van der Waals surface area contributed by atoms with Crippen molar-refractivity contribution in [2.24, 2.45) is 0 Å². The zero-order valence-corrected chi connectivity index (χ0v) is 11.4. The maximum absolute atomic E-state index is 6.22. The molecule has 2 heterocycles. The molecule has 0 bridgehead atoms. The Bertz CT molecular complexity index is 749. The van der Waals surface area contributed by atoms with Crippen LogP contribution in [0.2, 0.25) is 0 Å². The van der Waals surface area contributed by atoms with Crippen molar-refractivity contribution in [2.75, 3.05) is 5.73 Å². The molecule has 3 heteroatoms. The third-order valence-corrected chi connectivity index (χ3v) is 3.31. The minimum absolute atomic E-state index is 0.694. The maximum Gasteiger partial charge on any atom is 0.139 e. The van der Waals surface area contributed by atoms with Gasteiger partial charge < -0.3 is 5.73 Å². The van der Waals surface area contributed by atoms with Crippen LogP contribution in [0.15, 0.2) is 36.5 Å². The average Bonchev–Trinajstić information content (AvgIpc) is 2.65. The Labute approximate surface area is 112 Å². The minimum Gasteiger partial charge on any atom is -0.383 e. The second kappa shape index (κ2) is 4.12. The zero-order valence-electron chi connectivity index (χ0n) is 11.4. The van der Waals surface area contributed by atoms with Crippen LogP contribution in [-0.2, 0) is 0 Å². The summed E-state index contributed by atoms with van der Waals surface area (Å²) in [6.45, 7) is 6.24. The fourth-order valence-corrected chi connectivity index (χ4v) is 2.49. The number of pyridine rings is 1. The molecule has 0 aliphatic heterocycles. The molecular weight excluding hydrogens is 234 g/mol. The van der Waals surface area contributed by atoms with Crippen LogP contribution in [0.4, 0.5) is 5.82 Å². The molecule has 0 radical (unpaired) electrons. The van der Waals surface area contributed by atoms with E-state index in [0.717, 1.165) is 16.9 Å². The summed E-state index contributed by atoms with van der Waals surface area (Å²) in [5.41, 5.74) is 12.7. The van der Waals surface area contributed by atoms with Gasteiger partial charge >= 0.3 is 0 Å². The summed E-state index contributed by atoms with van der Waals surface area (Å²) < 4.78 is 1.93. The van der Waals surface area contributed by atoms with Crippen LogP contribution >= 0.6 is 0 Å². The highest BCUT2D eigenvalue weighted by Crippen LogP contribution is 2.28. The van der Waals surface area contributed by atoms with Gasteiger partial charge in [-0.2, -0.15) is 0 Å². The van der Waals surface area contributed by atoms with E-state index in [2.05, 4.69) is 44.0 Å². The molecular formula is C16H17N3. The number of aryl methyl sites for hydroxylation is 3. The fourth-order valence-electron chi connectivity index (χ4n) is 2.49. The summed E-state index contributed by atoms with van der Waals surface area (Å²) in [7, 11) is 0. The van der Waals surface area contributed by atoms with Gasteiger partial charge in [-0.25, -0.2) is 4.98 Å². The number of rotatable bonds is 1. The Balaban J connectivity index is 2.27. The van der Waals surface area contributed by atoms with Crippen molar-refractivity contribution >= 4 is 11.5 Å². The molecule has 0 aliphatic rings. The van der Waals surface area contributed by atoms with E-state index in [0.29, 0.717) is 5.82 Å². The first-order valence-electron chi connectivity index (χ1n) is 6.37. The molecule has 0 amide bonds. The highest BCUT2D eigenvalue weighted by atomic mass is 15.1. The molecule has 0 spiro atoms.